The van der Waals surface area contributed by atoms with Crippen LogP contribution in [0.5, 0.6) is 0 Å². The molecule has 0 bridgehead atoms. The zero-order valence-corrected chi connectivity index (χ0v) is 21.1. The Morgan fingerprint density at radius 3 is 2.36 bits per heavy atom. The molecule has 2 aromatic heterocycles. The third kappa shape index (κ3) is 4.81. The number of hydrogen-bond acceptors (Lipinski definition) is 6. The molecule has 2 atom stereocenters. The summed E-state index contributed by atoms with van der Waals surface area (Å²) >= 11 is 15.3. The van der Waals surface area contributed by atoms with Crippen molar-refractivity contribution < 1.29 is 19.5 Å². The first-order chi connectivity index (χ1) is 15.4. The van der Waals surface area contributed by atoms with Gasteiger partial charge in [0.25, 0.3) is 5.91 Å². The third-order valence-electron chi connectivity index (χ3n) is 5.68. The maximum atomic E-state index is 12.5. The molecule has 1 unspecified atom stereocenters. The molecule has 0 saturated heterocycles. The summed E-state index contributed by atoms with van der Waals surface area (Å²) in [6.45, 7) is 5.18. The monoisotopic (exact) mass is 554 g/mol. The van der Waals surface area contributed by atoms with Crippen LogP contribution in [0.25, 0.3) is 0 Å². The molecule has 2 aromatic rings. The van der Waals surface area contributed by atoms with Crippen molar-refractivity contribution in [3.8, 4) is 0 Å². The summed E-state index contributed by atoms with van der Waals surface area (Å²) in [4.78, 5) is 49.0. The maximum Gasteiger partial charge on any atom is 0.331 e. The fourth-order valence-electron chi connectivity index (χ4n) is 3.48. The minimum absolute atomic E-state index is 0.0164. The molecule has 0 radical (unpaired) electrons. The normalized spacial score (nSPS) is 20.1. The lowest BCUT2D eigenvalue weighted by Crippen LogP contribution is -2.58. The number of pyridine rings is 2. The van der Waals surface area contributed by atoms with Crippen LogP contribution in [0.1, 0.15) is 43.2 Å². The largest absolute Gasteiger partial charge is 0.479 e. The highest BCUT2D eigenvalue weighted by Gasteiger charge is 2.54. The number of aliphatic imine (C=N–C) groups is 1. The Bertz CT molecular complexity index is 1130. The molecule has 1 aliphatic rings. The molecule has 11 heteroatoms. The average Bonchev–Trinajstić information content (AvgIpc) is 2.76. The summed E-state index contributed by atoms with van der Waals surface area (Å²) in [6, 6.07) is 3.21. The Kier molecular flexibility index (Phi) is 7.26. The molecule has 3 rings (SSSR count). The minimum atomic E-state index is -1.48. The van der Waals surface area contributed by atoms with E-state index in [9.17, 15) is 19.5 Å². The topological polar surface area (TPSA) is 122 Å². The lowest BCUT2D eigenvalue weighted by atomic mass is 9.68. The van der Waals surface area contributed by atoms with E-state index in [4.69, 9.17) is 23.2 Å². The summed E-state index contributed by atoms with van der Waals surface area (Å²) in [5.74, 6) is -1.67. The van der Waals surface area contributed by atoms with Gasteiger partial charge in [-0.05, 0) is 32.4 Å². The van der Waals surface area contributed by atoms with Gasteiger partial charge in [0.2, 0.25) is 0 Å². The lowest BCUT2D eigenvalue weighted by molar-refractivity contribution is -0.143. The van der Waals surface area contributed by atoms with E-state index in [0.29, 0.717) is 17.1 Å². The summed E-state index contributed by atoms with van der Waals surface area (Å²) in [5.41, 5.74) is -0.854. The summed E-state index contributed by atoms with van der Waals surface area (Å²) in [5, 5.41) is 12.9. The number of amides is 1. The molecular formula is C22H21BrCl2N4O4. The van der Waals surface area contributed by atoms with E-state index in [1.54, 1.807) is 32.9 Å². The van der Waals surface area contributed by atoms with Crippen LogP contribution in [0, 0.1) is 5.41 Å². The second-order valence-electron chi connectivity index (χ2n) is 8.19. The Balaban J connectivity index is 1.83. The number of alkyl halides is 1. The van der Waals surface area contributed by atoms with Gasteiger partial charge in [0.05, 0.1) is 32.9 Å². The highest BCUT2D eigenvalue weighted by Crippen LogP contribution is 2.40. The maximum absolute atomic E-state index is 12.5. The van der Waals surface area contributed by atoms with E-state index in [0.717, 1.165) is 0 Å². The van der Waals surface area contributed by atoms with Crippen molar-refractivity contribution >= 4 is 68.2 Å². The molecule has 8 nitrogen and oxygen atoms in total. The van der Waals surface area contributed by atoms with Crippen molar-refractivity contribution in [1.82, 2.24) is 9.97 Å². The van der Waals surface area contributed by atoms with Gasteiger partial charge in [0.1, 0.15) is 4.83 Å². The molecule has 1 saturated carbocycles. The second kappa shape index (κ2) is 9.48. The first kappa shape index (κ1) is 25.3. The van der Waals surface area contributed by atoms with Gasteiger partial charge in [-0.2, -0.15) is 0 Å². The van der Waals surface area contributed by atoms with Crippen molar-refractivity contribution in [1.29, 1.82) is 0 Å². The Morgan fingerprint density at radius 2 is 1.88 bits per heavy atom. The highest BCUT2D eigenvalue weighted by molar-refractivity contribution is 9.10. The first-order valence-electron chi connectivity index (χ1n) is 10.00. The van der Waals surface area contributed by atoms with Gasteiger partial charge in [-0.15, -0.1) is 0 Å². The second-order valence-corrected chi connectivity index (χ2v) is 9.92. The van der Waals surface area contributed by atoms with Crippen LogP contribution in [0.3, 0.4) is 0 Å². The molecule has 1 fully saturated rings. The van der Waals surface area contributed by atoms with Crippen LogP contribution < -0.4 is 5.32 Å². The average molecular weight is 556 g/mol. The zero-order valence-electron chi connectivity index (χ0n) is 18.0. The van der Waals surface area contributed by atoms with E-state index in [1.807, 2.05) is 0 Å². The van der Waals surface area contributed by atoms with E-state index < -0.39 is 27.7 Å². The number of hydrogen-bond donors (Lipinski definition) is 2. The SMILES string of the molecule is CC[C@@](Cc1ccc(NC(=O)c2c(Cl)cncc2Cl)cn1)(N=C1C(Br)C(=O)C1(C)C)C(=O)O. The van der Waals surface area contributed by atoms with Gasteiger partial charge in [0.15, 0.2) is 11.3 Å². The molecule has 1 aliphatic carbocycles. The van der Waals surface area contributed by atoms with Gasteiger partial charge in [0, 0.05) is 30.2 Å². The number of carboxylic acid groups (broad SMARTS) is 1. The number of anilines is 1. The molecular weight excluding hydrogens is 535 g/mol. The summed E-state index contributed by atoms with van der Waals surface area (Å²) in [7, 11) is 0. The Morgan fingerprint density at radius 1 is 1.24 bits per heavy atom. The van der Waals surface area contributed by atoms with Gasteiger partial charge in [-0.1, -0.05) is 46.1 Å². The van der Waals surface area contributed by atoms with Crippen molar-refractivity contribution in [3.05, 3.63) is 52.0 Å². The van der Waals surface area contributed by atoms with Crippen LogP contribution in [-0.4, -0.2) is 48.8 Å². The number of aromatic nitrogens is 2. The number of carboxylic acids is 1. The minimum Gasteiger partial charge on any atom is -0.479 e. The Hall–Kier alpha value is -2.36. The third-order valence-corrected chi connectivity index (χ3v) is 7.10. The van der Waals surface area contributed by atoms with Crippen LogP contribution in [-0.2, 0) is 16.0 Å². The van der Waals surface area contributed by atoms with E-state index in [1.165, 1.54) is 18.6 Å². The van der Waals surface area contributed by atoms with Gasteiger partial charge < -0.3 is 10.4 Å². The van der Waals surface area contributed by atoms with Crippen LogP contribution in [0.15, 0.2) is 35.7 Å². The molecule has 0 aromatic carbocycles. The fraction of sp³-hybridized carbons (Fsp3) is 0.364. The molecule has 0 aliphatic heterocycles. The van der Waals surface area contributed by atoms with Crippen molar-refractivity contribution in [2.75, 3.05) is 5.32 Å². The van der Waals surface area contributed by atoms with Crippen molar-refractivity contribution in [3.63, 3.8) is 0 Å². The van der Waals surface area contributed by atoms with Gasteiger partial charge in [-0.25, -0.2) is 4.79 Å². The molecule has 0 spiro atoms. The van der Waals surface area contributed by atoms with Gasteiger partial charge >= 0.3 is 5.97 Å². The Labute approximate surface area is 208 Å². The lowest BCUT2D eigenvalue weighted by Gasteiger charge is -2.41. The van der Waals surface area contributed by atoms with Gasteiger partial charge in [-0.3, -0.25) is 24.5 Å². The number of carbonyl (C=O) groups excluding carboxylic acids is 2. The molecule has 33 heavy (non-hydrogen) atoms. The van der Waals surface area contributed by atoms with Crippen molar-refractivity contribution in [2.45, 2.75) is 44.0 Å². The van der Waals surface area contributed by atoms with Crippen LogP contribution >= 0.6 is 39.1 Å². The van der Waals surface area contributed by atoms with Crippen LogP contribution in [0.2, 0.25) is 10.0 Å². The molecule has 1 amide bonds. The number of rotatable bonds is 7. The fourth-order valence-corrected chi connectivity index (χ4v) is 5.26. The number of aliphatic carboxylic acids is 1. The quantitative estimate of drug-likeness (QED) is 0.480. The van der Waals surface area contributed by atoms with E-state index in [-0.39, 0.29) is 34.2 Å². The number of carbonyl (C=O) groups is 3. The predicted molar refractivity (Wildman–Crippen MR) is 130 cm³/mol. The summed E-state index contributed by atoms with van der Waals surface area (Å²) < 4.78 is 0. The number of nitrogens with one attached hydrogen (secondary N) is 1. The number of ketones is 1. The number of nitrogens with zero attached hydrogens (tertiary/aromatic N) is 3. The highest BCUT2D eigenvalue weighted by atomic mass is 79.9. The smallest absolute Gasteiger partial charge is 0.331 e. The zero-order chi connectivity index (χ0) is 24.6. The van der Waals surface area contributed by atoms with E-state index in [2.05, 4.69) is 36.2 Å². The molecule has 2 heterocycles. The number of halogens is 3. The van der Waals surface area contributed by atoms with E-state index >= 15 is 0 Å². The van der Waals surface area contributed by atoms with Crippen molar-refractivity contribution in [2.24, 2.45) is 10.4 Å². The molecule has 2 N–H and O–H groups in total. The van der Waals surface area contributed by atoms with Crippen LogP contribution in [0.4, 0.5) is 5.69 Å². The summed E-state index contributed by atoms with van der Waals surface area (Å²) in [6.07, 6.45) is 4.26. The number of Topliss-reactive ketones (excluding diaryl/α,β-unsaturated/α-hetero) is 1. The first-order valence-corrected chi connectivity index (χ1v) is 11.7. The standard InChI is InChI=1S/C22H21BrCl2N4O4/c1-4-22(20(32)33,29-17-16(23)18(30)21(17,2)3)7-11-5-6-12(8-27-11)28-19(31)15-13(24)9-26-10-14(15)25/h5-6,8-10,16H,4,7H2,1-3H3,(H,28,31)(H,32,33)/t16?,22-/m0/s1. The predicted octanol–water partition coefficient (Wildman–Crippen LogP) is 4.63. The molecule has 174 valence electrons.